The lowest BCUT2D eigenvalue weighted by atomic mass is 9.68. The molecule has 0 amide bonds. The van der Waals surface area contributed by atoms with Crippen LogP contribution in [0.2, 0.25) is 0 Å². The monoisotopic (exact) mass is 196 g/mol. The second-order valence-corrected chi connectivity index (χ2v) is 5.27. The van der Waals surface area contributed by atoms with Gasteiger partial charge in [-0.1, -0.05) is 19.3 Å². The second-order valence-electron chi connectivity index (χ2n) is 5.27. The number of likely N-dealkylation sites (tertiary alicyclic amines) is 1. The Morgan fingerprint density at radius 2 is 1.71 bits per heavy atom. The molecule has 0 radical (unpaired) electrons. The molecule has 1 aliphatic heterocycles. The first-order valence-electron chi connectivity index (χ1n) is 6.27. The summed E-state index contributed by atoms with van der Waals surface area (Å²) < 4.78 is 0. The molecule has 2 nitrogen and oxygen atoms in total. The highest BCUT2D eigenvalue weighted by atomic mass is 15.2. The number of rotatable bonds is 4. The number of nitrogens with zero attached hydrogens (tertiary/aromatic N) is 1. The van der Waals surface area contributed by atoms with Crippen molar-refractivity contribution in [2.45, 2.75) is 44.9 Å². The van der Waals surface area contributed by atoms with E-state index in [1.165, 1.54) is 64.6 Å². The summed E-state index contributed by atoms with van der Waals surface area (Å²) in [6.07, 6.45) is 9.94. The molecule has 82 valence electrons. The van der Waals surface area contributed by atoms with Gasteiger partial charge in [0, 0.05) is 13.1 Å². The van der Waals surface area contributed by atoms with E-state index in [2.05, 4.69) is 4.90 Å². The van der Waals surface area contributed by atoms with Crippen LogP contribution < -0.4 is 5.73 Å². The SMILES string of the molecule is NCCCCN1CC2(CCCCC2)C1. The van der Waals surface area contributed by atoms with Crippen LogP contribution in [0.25, 0.3) is 0 Å². The minimum Gasteiger partial charge on any atom is -0.330 e. The Bertz CT molecular complexity index is 165. The van der Waals surface area contributed by atoms with Gasteiger partial charge in [-0.3, -0.25) is 0 Å². The van der Waals surface area contributed by atoms with Crippen LogP contribution in [-0.2, 0) is 0 Å². The van der Waals surface area contributed by atoms with Gasteiger partial charge in [0.05, 0.1) is 0 Å². The summed E-state index contributed by atoms with van der Waals surface area (Å²) >= 11 is 0. The Labute approximate surface area is 87.8 Å². The highest BCUT2D eigenvalue weighted by Crippen LogP contribution is 2.43. The predicted molar refractivity (Wildman–Crippen MR) is 60.2 cm³/mol. The van der Waals surface area contributed by atoms with Crippen molar-refractivity contribution in [3.8, 4) is 0 Å². The third-order valence-corrected chi connectivity index (χ3v) is 3.96. The Morgan fingerprint density at radius 1 is 1.00 bits per heavy atom. The molecular formula is C12H24N2. The maximum Gasteiger partial charge on any atom is 0.00505 e. The van der Waals surface area contributed by atoms with E-state index in [-0.39, 0.29) is 0 Å². The van der Waals surface area contributed by atoms with E-state index < -0.39 is 0 Å². The van der Waals surface area contributed by atoms with Gasteiger partial charge in [0.2, 0.25) is 0 Å². The van der Waals surface area contributed by atoms with E-state index in [0.717, 1.165) is 12.0 Å². The molecule has 2 N–H and O–H groups in total. The lowest BCUT2D eigenvalue weighted by Crippen LogP contribution is -2.57. The molecule has 0 unspecified atom stereocenters. The maximum absolute atomic E-state index is 5.49. The minimum atomic E-state index is 0.765. The van der Waals surface area contributed by atoms with Crippen molar-refractivity contribution < 1.29 is 0 Å². The molecule has 2 fully saturated rings. The van der Waals surface area contributed by atoms with Gasteiger partial charge in [-0.15, -0.1) is 0 Å². The molecular weight excluding hydrogens is 172 g/mol. The van der Waals surface area contributed by atoms with Crippen molar-refractivity contribution in [1.82, 2.24) is 4.90 Å². The van der Waals surface area contributed by atoms with Gasteiger partial charge in [-0.05, 0) is 44.2 Å². The van der Waals surface area contributed by atoms with Crippen LogP contribution >= 0.6 is 0 Å². The number of hydrogen-bond acceptors (Lipinski definition) is 2. The first kappa shape index (κ1) is 10.4. The zero-order valence-corrected chi connectivity index (χ0v) is 9.30. The van der Waals surface area contributed by atoms with Gasteiger partial charge >= 0.3 is 0 Å². The molecule has 1 heterocycles. The average Bonchev–Trinajstić information content (AvgIpc) is 2.17. The van der Waals surface area contributed by atoms with Crippen LogP contribution in [0.5, 0.6) is 0 Å². The Kier molecular flexibility index (Phi) is 3.45. The van der Waals surface area contributed by atoms with Crippen molar-refractivity contribution in [1.29, 1.82) is 0 Å². The molecule has 2 heteroatoms. The third-order valence-electron chi connectivity index (χ3n) is 3.96. The summed E-state index contributed by atoms with van der Waals surface area (Å²) in [5.41, 5.74) is 6.26. The van der Waals surface area contributed by atoms with Crippen molar-refractivity contribution in [3.05, 3.63) is 0 Å². The van der Waals surface area contributed by atoms with Crippen LogP contribution in [0.4, 0.5) is 0 Å². The van der Waals surface area contributed by atoms with Crippen LogP contribution in [-0.4, -0.2) is 31.1 Å². The molecule has 1 spiro atoms. The van der Waals surface area contributed by atoms with Crippen molar-refractivity contribution in [3.63, 3.8) is 0 Å². The molecule has 0 bridgehead atoms. The molecule has 2 aliphatic rings. The largest absolute Gasteiger partial charge is 0.330 e. The first-order chi connectivity index (χ1) is 6.85. The topological polar surface area (TPSA) is 29.3 Å². The van der Waals surface area contributed by atoms with Gasteiger partial charge in [0.15, 0.2) is 0 Å². The average molecular weight is 196 g/mol. The Balaban J connectivity index is 1.62. The van der Waals surface area contributed by atoms with Crippen molar-refractivity contribution in [2.24, 2.45) is 11.1 Å². The molecule has 0 atom stereocenters. The van der Waals surface area contributed by atoms with Gasteiger partial charge in [0.1, 0.15) is 0 Å². The Hall–Kier alpha value is -0.0800. The smallest absolute Gasteiger partial charge is 0.00505 e. The minimum absolute atomic E-state index is 0.765. The highest BCUT2D eigenvalue weighted by Gasteiger charge is 2.42. The third kappa shape index (κ3) is 2.29. The van der Waals surface area contributed by atoms with E-state index >= 15 is 0 Å². The van der Waals surface area contributed by atoms with E-state index in [9.17, 15) is 0 Å². The summed E-state index contributed by atoms with van der Waals surface area (Å²) in [4.78, 5) is 2.63. The molecule has 1 saturated carbocycles. The molecule has 0 aromatic carbocycles. The zero-order chi connectivity index (χ0) is 9.86. The second kappa shape index (κ2) is 4.63. The van der Waals surface area contributed by atoms with Crippen LogP contribution in [0.1, 0.15) is 44.9 Å². The lowest BCUT2D eigenvalue weighted by Gasteiger charge is -2.52. The summed E-state index contributed by atoms with van der Waals surface area (Å²) in [6, 6.07) is 0. The van der Waals surface area contributed by atoms with Crippen molar-refractivity contribution >= 4 is 0 Å². The normalized spacial score (nSPS) is 26.4. The molecule has 14 heavy (non-hydrogen) atoms. The molecule has 1 aliphatic carbocycles. The fourth-order valence-corrected chi connectivity index (χ4v) is 3.16. The quantitative estimate of drug-likeness (QED) is 0.697. The van der Waals surface area contributed by atoms with Gasteiger partial charge in [-0.25, -0.2) is 0 Å². The van der Waals surface area contributed by atoms with Crippen LogP contribution in [0.3, 0.4) is 0 Å². The van der Waals surface area contributed by atoms with Crippen LogP contribution in [0.15, 0.2) is 0 Å². The fraction of sp³-hybridized carbons (Fsp3) is 1.00. The van der Waals surface area contributed by atoms with E-state index in [1.54, 1.807) is 0 Å². The van der Waals surface area contributed by atoms with Gasteiger partial charge < -0.3 is 10.6 Å². The summed E-state index contributed by atoms with van der Waals surface area (Å²) in [5.74, 6) is 0. The summed E-state index contributed by atoms with van der Waals surface area (Å²) in [7, 11) is 0. The Morgan fingerprint density at radius 3 is 2.36 bits per heavy atom. The zero-order valence-electron chi connectivity index (χ0n) is 9.30. The molecule has 2 rings (SSSR count). The van der Waals surface area contributed by atoms with Crippen molar-refractivity contribution in [2.75, 3.05) is 26.2 Å². The maximum atomic E-state index is 5.49. The highest BCUT2D eigenvalue weighted by molar-refractivity contribution is 4.96. The van der Waals surface area contributed by atoms with Crippen LogP contribution in [0, 0.1) is 5.41 Å². The molecule has 0 aromatic heterocycles. The first-order valence-corrected chi connectivity index (χ1v) is 6.27. The predicted octanol–water partition coefficient (Wildman–Crippen LogP) is 1.99. The van der Waals surface area contributed by atoms with E-state index in [1.807, 2.05) is 0 Å². The lowest BCUT2D eigenvalue weighted by molar-refractivity contribution is -0.0282. The van der Waals surface area contributed by atoms with Gasteiger partial charge in [-0.2, -0.15) is 0 Å². The van der Waals surface area contributed by atoms with Gasteiger partial charge in [0.25, 0.3) is 0 Å². The standard InChI is InChI=1S/C12H24N2/c13-8-4-5-9-14-10-12(11-14)6-2-1-3-7-12/h1-11,13H2. The molecule has 1 saturated heterocycles. The number of unbranched alkanes of at least 4 members (excludes halogenated alkanes) is 1. The van der Waals surface area contributed by atoms with E-state index in [4.69, 9.17) is 5.73 Å². The van der Waals surface area contributed by atoms with E-state index in [0.29, 0.717) is 0 Å². The molecule has 0 aromatic rings. The number of nitrogens with two attached hydrogens (primary N) is 1. The fourth-order valence-electron chi connectivity index (χ4n) is 3.16. The number of hydrogen-bond donors (Lipinski definition) is 1. The summed E-state index contributed by atoms with van der Waals surface area (Å²) in [6.45, 7) is 4.92. The summed E-state index contributed by atoms with van der Waals surface area (Å²) in [5, 5.41) is 0.